The molecular weight excluding hydrogens is 270 g/mol. The number of ether oxygens (including phenoxy) is 1. The van der Waals surface area contributed by atoms with Crippen LogP contribution >= 0.6 is 0 Å². The highest BCUT2D eigenvalue weighted by Gasteiger charge is 2.20. The molecule has 1 N–H and O–H groups in total. The fraction of sp³-hybridized carbons (Fsp3) is 0.300. The highest BCUT2D eigenvalue weighted by Crippen LogP contribution is 2.28. The van der Waals surface area contributed by atoms with Gasteiger partial charge in [0.1, 0.15) is 12.4 Å². The van der Waals surface area contributed by atoms with Gasteiger partial charge >= 0.3 is 0 Å². The van der Waals surface area contributed by atoms with Crippen LogP contribution in [0, 0.1) is 0 Å². The Kier molecular flexibility index (Phi) is 3.69. The van der Waals surface area contributed by atoms with Crippen molar-refractivity contribution in [1.29, 1.82) is 0 Å². The molecule has 0 atom stereocenters. The number of nitrogens with one attached hydrogen (secondary N) is 1. The summed E-state index contributed by atoms with van der Waals surface area (Å²) in [6, 6.07) is 15.6. The van der Waals surface area contributed by atoms with E-state index in [-0.39, 0.29) is 0 Å². The summed E-state index contributed by atoms with van der Waals surface area (Å²) in [5, 5.41) is 3.63. The molecule has 0 saturated heterocycles. The average Bonchev–Trinajstić information content (AvgIpc) is 3.17. The van der Waals surface area contributed by atoms with Gasteiger partial charge in [0.25, 0.3) is 0 Å². The Morgan fingerprint density at radius 1 is 1.00 bits per heavy atom. The number of rotatable bonds is 5. The lowest BCUT2D eigenvalue weighted by atomic mass is 10.1. The molecule has 0 amide bonds. The van der Waals surface area contributed by atoms with Crippen LogP contribution in [-0.2, 0) is 19.3 Å². The summed E-state index contributed by atoms with van der Waals surface area (Å²) in [7, 11) is 0. The van der Waals surface area contributed by atoms with Crippen LogP contribution in [0.5, 0.6) is 5.75 Å². The Morgan fingerprint density at radius 2 is 1.82 bits per heavy atom. The highest BCUT2D eigenvalue weighted by atomic mass is 16.5. The van der Waals surface area contributed by atoms with E-state index in [1.807, 2.05) is 0 Å². The fourth-order valence-electron chi connectivity index (χ4n) is 3.52. The van der Waals surface area contributed by atoms with Gasteiger partial charge < -0.3 is 10.1 Å². The Morgan fingerprint density at radius 3 is 2.64 bits per heavy atom. The molecule has 0 spiro atoms. The summed E-state index contributed by atoms with van der Waals surface area (Å²) in [6.07, 6.45) is 7.65. The number of benzene rings is 2. The van der Waals surface area contributed by atoms with Crippen molar-refractivity contribution >= 4 is 6.08 Å². The highest BCUT2D eigenvalue weighted by molar-refractivity contribution is 5.63. The zero-order chi connectivity index (χ0) is 14.8. The van der Waals surface area contributed by atoms with E-state index in [4.69, 9.17) is 4.74 Å². The lowest BCUT2D eigenvalue weighted by Gasteiger charge is -2.14. The second kappa shape index (κ2) is 5.98. The van der Waals surface area contributed by atoms with Crippen LogP contribution in [-0.4, -0.2) is 19.2 Å². The lowest BCUT2D eigenvalue weighted by molar-refractivity contribution is 0.303. The number of hydrogen-bond donors (Lipinski definition) is 1. The molecule has 0 unspecified atom stereocenters. The number of fused-ring (bicyclic) bond motifs is 2. The minimum atomic E-state index is 0.559. The van der Waals surface area contributed by atoms with Crippen molar-refractivity contribution < 1.29 is 4.74 Å². The largest absolute Gasteiger partial charge is 0.492 e. The van der Waals surface area contributed by atoms with Gasteiger partial charge in [-0.2, -0.15) is 0 Å². The monoisotopic (exact) mass is 291 g/mol. The average molecular weight is 291 g/mol. The molecule has 22 heavy (non-hydrogen) atoms. The third kappa shape index (κ3) is 2.67. The Balaban J connectivity index is 1.27. The van der Waals surface area contributed by atoms with Gasteiger partial charge in [-0.05, 0) is 42.0 Å². The molecule has 2 aliphatic carbocycles. The standard InChI is InChI=1S/C20H21NO/c1-2-6-17-14-18(13-16(17)5-1)21-11-12-22-20-10-4-8-15-7-3-9-19(15)20/h1-8,10,18,21H,9,11-14H2. The van der Waals surface area contributed by atoms with Crippen molar-refractivity contribution in [3.05, 3.63) is 70.8 Å². The van der Waals surface area contributed by atoms with Crippen molar-refractivity contribution in [3.63, 3.8) is 0 Å². The van der Waals surface area contributed by atoms with E-state index >= 15 is 0 Å². The third-order valence-electron chi connectivity index (χ3n) is 4.63. The third-order valence-corrected chi connectivity index (χ3v) is 4.63. The van der Waals surface area contributed by atoms with Gasteiger partial charge in [-0.15, -0.1) is 0 Å². The molecule has 2 aromatic rings. The zero-order valence-electron chi connectivity index (χ0n) is 12.7. The van der Waals surface area contributed by atoms with Crippen LogP contribution in [0.2, 0.25) is 0 Å². The van der Waals surface area contributed by atoms with Gasteiger partial charge in [0.05, 0.1) is 0 Å². The maximum atomic E-state index is 5.98. The van der Waals surface area contributed by atoms with Gasteiger partial charge in [-0.1, -0.05) is 48.6 Å². The van der Waals surface area contributed by atoms with E-state index in [1.165, 1.54) is 22.3 Å². The summed E-state index contributed by atoms with van der Waals surface area (Å²) >= 11 is 0. The molecule has 2 nitrogen and oxygen atoms in total. The first-order valence-electron chi connectivity index (χ1n) is 8.11. The van der Waals surface area contributed by atoms with Crippen molar-refractivity contribution in [1.82, 2.24) is 5.32 Å². The molecule has 2 aliphatic rings. The summed E-state index contributed by atoms with van der Waals surface area (Å²) in [6.45, 7) is 1.62. The normalized spacial score (nSPS) is 15.8. The molecule has 0 heterocycles. The predicted octanol–water partition coefficient (Wildman–Crippen LogP) is 3.39. The molecule has 0 aromatic heterocycles. The molecule has 0 radical (unpaired) electrons. The Hall–Kier alpha value is -2.06. The SMILES string of the molecule is C1=Cc2cccc(OCCNC3Cc4ccccc4C3)c2C1. The van der Waals surface area contributed by atoms with E-state index in [0.29, 0.717) is 6.04 Å². The van der Waals surface area contributed by atoms with E-state index in [9.17, 15) is 0 Å². The Bertz CT molecular complexity index is 680. The van der Waals surface area contributed by atoms with Crippen molar-refractivity contribution in [2.45, 2.75) is 25.3 Å². The molecule has 0 fully saturated rings. The van der Waals surface area contributed by atoms with Crippen LogP contribution in [0.4, 0.5) is 0 Å². The van der Waals surface area contributed by atoms with Gasteiger partial charge in [0.15, 0.2) is 0 Å². The van der Waals surface area contributed by atoms with E-state index < -0.39 is 0 Å². The molecule has 0 saturated carbocycles. The summed E-state index contributed by atoms with van der Waals surface area (Å²) in [5.41, 5.74) is 5.62. The summed E-state index contributed by atoms with van der Waals surface area (Å²) in [4.78, 5) is 0. The van der Waals surface area contributed by atoms with Crippen LogP contribution in [0.1, 0.15) is 22.3 Å². The van der Waals surface area contributed by atoms with Crippen molar-refractivity contribution in [2.24, 2.45) is 0 Å². The maximum absolute atomic E-state index is 5.98. The second-order valence-electron chi connectivity index (χ2n) is 6.11. The van der Waals surface area contributed by atoms with Crippen molar-refractivity contribution in [3.8, 4) is 5.75 Å². The molecule has 0 bridgehead atoms. The second-order valence-corrected chi connectivity index (χ2v) is 6.11. The first-order chi connectivity index (χ1) is 10.9. The topological polar surface area (TPSA) is 21.3 Å². The van der Waals surface area contributed by atoms with Gasteiger partial charge in [-0.25, -0.2) is 0 Å². The molecule has 112 valence electrons. The van der Waals surface area contributed by atoms with Crippen LogP contribution in [0.3, 0.4) is 0 Å². The van der Waals surface area contributed by atoms with Crippen LogP contribution in [0.25, 0.3) is 6.08 Å². The van der Waals surface area contributed by atoms with E-state index in [2.05, 4.69) is 59.9 Å². The minimum absolute atomic E-state index is 0.559. The first kappa shape index (κ1) is 13.6. The van der Waals surface area contributed by atoms with Gasteiger partial charge in [0, 0.05) is 18.2 Å². The van der Waals surface area contributed by atoms with E-state index in [1.54, 1.807) is 0 Å². The number of hydrogen-bond acceptors (Lipinski definition) is 2. The summed E-state index contributed by atoms with van der Waals surface area (Å²) < 4.78 is 5.98. The van der Waals surface area contributed by atoms with Gasteiger partial charge in [-0.3, -0.25) is 0 Å². The molecule has 2 aromatic carbocycles. The first-order valence-corrected chi connectivity index (χ1v) is 8.11. The smallest absolute Gasteiger partial charge is 0.123 e. The van der Waals surface area contributed by atoms with Gasteiger partial charge in [0.2, 0.25) is 0 Å². The Labute approximate surface area is 131 Å². The quantitative estimate of drug-likeness (QED) is 0.853. The molecule has 2 heteroatoms. The predicted molar refractivity (Wildman–Crippen MR) is 90.3 cm³/mol. The molecule has 0 aliphatic heterocycles. The van der Waals surface area contributed by atoms with Crippen molar-refractivity contribution in [2.75, 3.05) is 13.2 Å². The van der Waals surface area contributed by atoms with E-state index in [0.717, 1.165) is 38.2 Å². The maximum Gasteiger partial charge on any atom is 0.123 e. The number of allylic oxidation sites excluding steroid dienone is 1. The lowest BCUT2D eigenvalue weighted by Crippen LogP contribution is -2.33. The zero-order valence-corrected chi connectivity index (χ0v) is 12.7. The van der Waals surface area contributed by atoms with Crippen LogP contribution in [0.15, 0.2) is 48.5 Å². The van der Waals surface area contributed by atoms with Crippen LogP contribution < -0.4 is 10.1 Å². The summed E-state index contributed by atoms with van der Waals surface area (Å²) in [5.74, 6) is 1.04. The minimum Gasteiger partial charge on any atom is -0.492 e. The molecule has 4 rings (SSSR count). The fourth-order valence-corrected chi connectivity index (χ4v) is 3.52. The molecular formula is C20H21NO.